The van der Waals surface area contributed by atoms with E-state index in [9.17, 15) is 5.11 Å². The lowest BCUT2D eigenvalue weighted by Crippen LogP contribution is -2.07. The number of aliphatic hydroxyl groups is 1. The lowest BCUT2D eigenvalue weighted by Gasteiger charge is -2.13. The van der Waals surface area contributed by atoms with Crippen molar-refractivity contribution in [3.8, 4) is 0 Å². The average Bonchev–Trinajstić information content (AvgIpc) is 3.24. The summed E-state index contributed by atoms with van der Waals surface area (Å²) < 4.78 is 1.76. The molecule has 1 atom stereocenters. The Balaban J connectivity index is 1.81. The molecule has 1 fully saturated rings. The van der Waals surface area contributed by atoms with Gasteiger partial charge in [-0.3, -0.25) is 4.68 Å². The first kappa shape index (κ1) is 13.7. The lowest BCUT2D eigenvalue weighted by molar-refractivity contribution is 0.175. The van der Waals surface area contributed by atoms with Crippen LogP contribution in [0, 0.1) is 6.92 Å². The fourth-order valence-corrected chi connectivity index (χ4v) is 2.88. The molecule has 1 unspecified atom stereocenters. The van der Waals surface area contributed by atoms with E-state index in [0.717, 1.165) is 17.0 Å². The van der Waals surface area contributed by atoms with Gasteiger partial charge in [0.2, 0.25) is 0 Å². The second kappa shape index (κ2) is 5.23. The summed E-state index contributed by atoms with van der Waals surface area (Å²) in [5.41, 5.74) is 4.00. The topological polar surface area (TPSA) is 38.0 Å². The third-order valence-corrected chi connectivity index (χ3v) is 4.48. The Morgan fingerprint density at radius 3 is 2.80 bits per heavy atom. The molecule has 3 nitrogen and oxygen atoms in total. The molecule has 1 aromatic carbocycles. The summed E-state index contributed by atoms with van der Waals surface area (Å²) in [7, 11) is 1.86. The second-order valence-electron chi connectivity index (χ2n) is 5.63. The number of aryl methyl sites for hydroxylation is 2. The zero-order valence-corrected chi connectivity index (χ0v) is 12.6. The number of aliphatic hydroxyl groups excluding tert-OH is 1. The zero-order valence-electron chi connectivity index (χ0n) is 11.8. The van der Waals surface area contributed by atoms with Crippen molar-refractivity contribution in [2.75, 3.05) is 0 Å². The highest BCUT2D eigenvalue weighted by Gasteiger charge is 2.24. The van der Waals surface area contributed by atoms with E-state index in [2.05, 4.69) is 17.2 Å². The Hall–Kier alpha value is -1.32. The average molecular weight is 291 g/mol. The highest BCUT2D eigenvalue weighted by Crippen LogP contribution is 2.40. The van der Waals surface area contributed by atoms with Crippen molar-refractivity contribution in [3.63, 3.8) is 0 Å². The molecule has 0 aliphatic heterocycles. The van der Waals surface area contributed by atoms with Gasteiger partial charge in [0.05, 0.1) is 22.5 Å². The van der Waals surface area contributed by atoms with E-state index in [1.54, 1.807) is 4.68 Å². The molecule has 4 heteroatoms. The second-order valence-corrected chi connectivity index (χ2v) is 6.01. The maximum Gasteiger partial charge on any atom is 0.0848 e. The number of rotatable bonds is 4. The molecule has 3 rings (SSSR count). The first-order chi connectivity index (χ1) is 9.56. The molecule has 0 spiro atoms. The van der Waals surface area contributed by atoms with Crippen LogP contribution >= 0.6 is 11.6 Å². The highest BCUT2D eigenvalue weighted by atomic mass is 35.5. The summed E-state index contributed by atoms with van der Waals surface area (Å²) in [6.07, 6.45) is 2.49. The molecule has 1 heterocycles. The van der Waals surface area contributed by atoms with Crippen LogP contribution < -0.4 is 0 Å². The summed E-state index contributed by atoms with van der Waals surface area (Å²) in [5.74, 6) is 0.699. The number of halogens is 1. The molecule has 0 saturated heterocycles. The number of hydrogen-bond acceptors (Lipinski definition) is 2. The Bertz CT molecular complexity index is 631. The minimum Gasteiger partial charge on any atom is -0.388 e. The largest absolute Gasteiger partial charge is 0.388 e. The normalized spacial score (nSPS) is 16.4. The van der Waals surface area contributed by atoms with E-state index in [-0.39, 0.29) is 0 Å². The molecule has 20 heavy (non-hydrogen) atoms. The molecule has 1 aromatic heterocycles. The van der Waals surface area contributed by atoms with Gasteiger partial charge in [-0.1, -0.05) is 35.9 Å². The first-order valence-electron chi connectivity index (χ1n) is 7.02. The predicted molar refractivity (Wildman–Crippen MR) is 80.0 cm³/mol. The Morgan fingerprint density at radius 2 is 2.20 bits per heavy atom. The first-order valence-corrected chi connectivity index (χ1v) is 7.40. The van der Waals surface area contributed by atoms with Crippen LogP contribution in [0.5, 0.6) is 0 Å². The standard InChI is InChI=1S/C16H19ClN2O/c1-10-16(17)14(19(2)18-10)9-15(20)13-5-3-4-12(8-13)11-6-7-11/h3-5,8,11,15,20H,6-7,9H2,1-2H3. The van der Waals surface area contributed by atoms with E-state index < -0.39 is 6.10 Å². The summed E-state index contributed by atoms with van der Waals surface area (Å²) in [5, 5.41) is 15.4. The molecule has 2 aromatic rings. The van der Waals surface area contributed by atoms with Crippen molar-refractivity contribution in [2.45, 2.75) is 38.2 Å². The summed E-state index contributed by atoms with van der Waals surface area (Å²) in [4.78, 5) is 0. The molecular formula is C16H19ClN2O. The minimum absolute atomic E-state index is 0.490. The van der Waals surface area contributed by atoms with Crippen molar-refractivity contribution < 1.29 is 5.11 Å². The van der Waals surface area contributed by atoms with E-state index in [4.69, 9.17) is 11.6 Å². The van der Waals surface area contributed by atoms with Crippen LogP contribution in [-0.4, -0.2) is 14.9 Å². The summed E-state index contributed by atoms with van der Waals surface area (Å²) >= 11 is 6.24. The quantitative estimate of drug-likeness (QED) is 0.935. The van der Waals surface area contributed by atoms with Crippen LogP contribution in [0.1, 0.15) is 47.4 Å². The van der Waals surface area contributed by atoms with Crippen LogP contribution in [0.2, 0.25) is 5.02 Å². The van der Waals surface area contributed by atoms with Gasteiger partial charge in [0, 0.05) is 13.5 Å². The van der Waals surface area contributed by atoms with Crippen LogP contribution in [0.4, 0.5) is 0 Å². The molecule has 0 bridgehead atoms. The number of hydrogen-bond donors (Lipinski definition) is 1. The number of benzene rings is 1. The summed E-state index contributed by atoms with van der Waals surface area (Å²) in [6.45, 7) is 1.88. The molecule has 0 amide bonds. The predicted octanol–water partition coefficient (Wildman–Crippen LogP) is 3.54. The van der Waals surface area contributed by atoms with Crippen LogP contribution in [0.3, 0.4) is 0 Å². The smallest absolute Gasteiger partial charge is 0.0848 e. The van der Waals surface area contributed by atoms with Crippen molar-refractivity contribution in [1.29, 1.82) is 0 Å². The number of nitrogens with zero attached hydrogens (tertiary/aromatic N) is 2. The van der Waals surface area contributed by atoms with E-state index in [1.807, 2.05) is 26.1 Å². The van der Waals surface area contributed by atoms with Crippen molar-refractivity contribution >= 4 is 11.6 Å². The molecule has 1 saturated carbocycles. The fourth-order valence-electron chi connectivity index (χ4n) is 2.64. The monoisotopic (exact) mass is 290 g/mol. The van der Waals surface area contributed by atoms with Crippen molar-refractivity contribution in [2.24, 2.45) is 7.05 Å². The van der Waals surface area contributed by atoms with Gasteiger partial charge in [-0.05, 0) is 36.8 Å². The maximum atomic E-state index is 10.5. The number of aromatic nitrogens is 2. The molecule has 1 aliphatic carbocycles. The van der Waals surface area contributed by atoms with Crippen LogP contribution in [0.15, 0.2) is 24.3 Å². The Morgan fingerprint density at radius 1 is 1.45 bits per heavy atom. The highest BCUT2D eigenvalue weighted by molar-refractivity contribution is 6.31. The van der Waals surface area contributed by atoms with Gasteiger partial charge in [0.15, 0.2) is 0 Å². The molecule has 106 valence electrons. The van der Waals surface area contributed by atoms with Gasteiger partial charge in [0.1, 0.15) is 0 Å². The Labute approximate surface area is 124 Å². The van der Waals surface area contributed by atoms with E-state index >= 15 is 0 Å². The molecule has 1 aliphatic rings. The van der Waals surface area contributed by atoms with Gasteiger partial charge in [-0.2, -0.15) is 5.10 Å². The van der Waals surface area contributed by atoms with Gasteiger partial charge < -0.3 is 5.11 Å². The zero-order chi connectivity index (χ0) is 14.3. The van der Waals surface area contributed by atoms with Gasteiger partial charge >= 0.3 is 0 Å². The van der Waals surface area contributed by atoms with Gasteiger partial charge in [-0.25, -0.2) is 0 Å². The molecular weight excluding hydrogens is 272 g/mol. The van der Waals surface area contributed by atoms with Crippen molar-refractivity contribution in [3.05, 3.63) is 51.8 Å². The SMILES string of the molecule is Cc1nn(C)c(CC(O)c2cccc(C3CC3)c2)c1Cl. The summed E-state index contributed by atoms with van der Waals surface area (Å²) in [6, 6.07) is 8.28. The van der Waals surface area contributed by atoms with Crippen LogP contribution in [0.25, 0.3) is 0 Å². The Kier molecular flexibility index (Phi) is 3.57. The molecule has 0 radical (unpaired) electrons. The van der Waals surface area contributed by atoms with E-state index in [1.165, 1.54) is 18.4 Å². The van der Waals surface area contributed by atoms with Gasteiger partial charge in [0.25, 0.3) is 0 Å². The van der Waals surface area contributed by atoms with Gasteiger partial charge in [-0.15, -0.1) is 0 Å². The van der Waals surface area contributed by atoms with Crippen molar-refractivity contribution in [1.82, 2.24) is 9.78 Å². The maximum absolute atomic E-state index is 10.5. The van der Waals surface area contributed by atoms with Crippen LogP contribution in [-0.2, 0) is 13.5 Å². The lowest BCUT2D eigenvalue weighted by atomic mass is 10.0. The third-order valence-electron chi connectivity index (χ3n) is 3.99. The van der Waals surface area contributed by atoms with E-state index in [0.29, 0.717) is 17.4 Å². The fraction of sp³-hybridized carbons (Fsp3) is 0.438. The third kappa shape index (κ3) is 2.60. The molecule has 1 N–H and O–H groups in total. The minimum atomic E-state index is -0.541.